The minimum Gasteiger partial charge on any atom is -0.487 e. The molecule has 2 rings (SSSR count). The van der Waals surface area contributed by atoms with Crippen LogP contribution in [0.15, 0.2) is 30.3 Å². The second kappa shape index (κ2) is 6.92. The van der Waals surface area contributed by atoms with Crippen LogP contribution >= 0.6 is 0 Å². The largest absolute Gasteiger partial charge is 0.487 e. The predicted molar refractivity (Wildman–Crippen MR) is 79.4 cm³/mol. The summed E-state index contributed by atoms with van der Waals surface area (Å²) < 4.78 is 12.6. The molecule has 5 heteroatoms. The summed E-state index contributed by atoms with van der Waals surface area (Å²) in [6.07, 6.45) is 0. The molecule has 0 radical (unpaired) electrons. The van der Waals surface area contributed by atoms with Crippen molar-refractivity contribution in [2.24, 2.45) is 0 Å². The van der Waals surface area contributed by atoms with Gasteiger partial charge in [0.15, 0.2) is 0 Å². The van der Waals surface area contributed by atoms with Crippen LogP contribution in [0.3, 0.4) is 0 Å². The quantitative estimate of drug-likeness (QED) is 0.767. The summed E-state index contributed by atoms with van der Waals surface area (Å²) in [5, 5.41) is 4.37. The Labute approximate surface area is 124 Å². The summed E-state index contributed by atoms with van der Waals surface area (Å²) in [7, 11) is 0. The van der Waals surface area contributed by atoms with E-state index in [9.17, 15) is 4.79 Å². The average molecular weight is 288 g/mol. The molecule has 21 heavy (non-hydrogen) atoms. The fraction of sp³-hybridized carbons (Fsp3) is 0.375. The molecule has 0 spiro atoms. The number of nitrogens with zero attached hydrogens (tertiary/aromatic N) is 2. The summed E-state index contributed by atoms with van der Waals surface area (Å²) in [6.45, 7) is 7.43. The summed E-state index contributed by atoms with van der Waals surface area (Å²) in [5.74, 6) is 0.397. The van der Waals surface area contributed by atoms with E-state index in [1.165, 1.54) is 0 Å². The van der Waals surface area contributed by atoms with Crippen molar-refractivity contribution in [3.63, 3.8) is 0 Å². The van der Waals surface area contributed by atoms with E-state index in [1.54, 1.807) is 31.2 Å². The van der Waals surface area contributed by atoms with Crippen LogP contribution in [0.4, 0.5) is 0 Å². The number of carbonyl (C=O) groups is 1. The van der Waals surface area contributed by atoms with Crippen LogP contribution in [-0.4, -0.2) is 22.4 Å². The Kier molecular flexibility index (Phi) is 4.98. The molecule has 1 aromatic carbocycles. The van der Waals surface area contributed by atoms with Gasteiger partial charge in [-0.2, -0.15) is 5.10 Å². The molecular formula is C16H20N2O3. The van der Waals surface area contributed by atoms with Gasteiger partial charge in [0, 0.05) is 6.54 Å². The Hall–Kier alpha value is -2.30. The normalized spacial score (nSPS) is 10.4. The van der Waals surface area contributed by atoms with Gasteiger partial charge >= 0.3 is 5.97 Å². The van der Waals surface area contributed by atoms with Crippen LogP contribution in [0.1, 0.15) is 35.6 Å². The topological polar surface area (TPSA) is 53.4 Å². The first kappa shape index (κ1) is 15.1. The van der Waals surface area contributed by atoms with E-state index in [-0.39, 0.29) is 5.97 Å². The number of esters is 1. The molecule has 0 aliphatic rings. The molecule has 1 heterocycles. The van der Waals surface area contributed by atoms with Crippen LogP contribution in [-0.2, 0) is 17.9 Å². The van der Waals surface area contributed by atoms with Gasteiger partial charge in [-0.15, -0.1) is 0 Å². The number of carbonyl (C=O) groups excluding carboxylic acids is 1. The SMILES string of the molecule is CCOC(=O)c1ccc(OCc2cc(C)nn2CC)cc1. The maximum absolute atomic E-state index is 11.5. The van der Waals surface area contributed by atoms with Gasteiger partial charge < -0.3 is 9.47 Å². The number of aromatic nitrogens is 2. The lowest BCUT2D eigenvalue weighted by molar-refractivity contribution is 0.0526. The number of hydrogen-bond acceptors (Lipinski definition) is 4. The highest BCUT2D eigenvalue weighted by Crippen LogP contribution is 2.15. The van der Waals surface area contributed by atoms with Crippen LogP contribution in [0.5, 0.6) is 5.75 Å². The van der Waals surface area contributed by atoms with Gasteiger partial charge in [0.1, 0.15) is 12.4 Å². The Morgan fingerprint density at radius 3 is 2.57 bits per heavy atom. The Balaban J connectivity index is 1.99. The van der Waals surface area contributed by atoms with Crippen molar-refractivity contribution < 1.29 is 14.3 Å². The van der Waals surface area contributed by atoms with Crippen LogP contribution < -0.4 is 4.74 Å². The van der Waals surface area contributed by atoms with Crippen molar-refractivity contribution in [3.05, 3.63) is 47.3 Å². The van der Waals surface area contributed by atoms with E-state index in [1.807, 2.05) is 24.6 Å². The molecule has 5 nitrogen and oxygen atoms in total. The molecular weight excluding hydrogens is 268 g/mol. The van der Waals surface area contributed by atoms with Crippen LogP contribution in [0, 0.1) is 6.92 Å². The Bertz CT molecular complexity index is 602. The van der Waals surface area contributed by atoms with E-state index in [4.69, 9.17) is 9.47 Å². The maximum Gasteiger partial charge on any atom is 0.338 e. The van der Waals surface area contributed by atoms with Crippen molar-refractivity contribution in [1.82, 2.24) is 9.78 Å². The fourth-order valence-electron chi connectivity index (χ4n) is 2.05. The lowest BCUT2D eigenvalue weighted by Crippen LogP contribution is -2.06. The van der Waals surface area contributed by atoms with E-state index in [0.29, 0.717) is 24.5 Å². The monoisotopic (exact) mass is 288 g/mol. The van der Waals surface area contributed by atoms with Crippen molar-refractivity contribution in [1.29, 1.82) is 0 Å². The molecule has 1 aromatic heterocycles. The highest BCUT2D eigenvalue weighted by atomic mass is 16.5. The Morgan fingerprint density at radius 2 is 1.95 bits per heavy atom. The lowest BCUT2D eigenvalue weighted by atomic mass is 10.2. The van der Waals surface area contributed by atoms with Gasteiger partial charge in [-0.05, 0) is 51.1 Å². The molecule has 0 saturated carbocycles. The summed E-state index contributed by atoms with van der Waals surface area (Å²) in [4.78, 5) is 11.5. The lowest BCUT2D eigenvalue weighted by Gasteiger charge is -2.08. The van der Waals surface area contributed by atoms with Gasteiger partial charge in [0.25, 0.3) is 0 Å². The van der Waals surface area contributed by atoms with Crippen molar-refractivity contribution in [2.75, 3.05) is 6.61 Å². The smallest absolute Gasteiger partial charge is 0.338 e. The predicted octanol–water partition coefficient (Wildman–Crippen LogP) is 2.97. The standard InChI is InChI=1S/C16H20N2O3/c1-4-18-14(10-12(3)17-18)11-21-15-8-6-13(7-9-15)16(19)20-5-2/h6-10H,4-5,11H2,1-3H3. The number of aryl methyl sites for hydroxylation is 2. The minimum atomic E-state index is -0.316. The number of ether oxygens (including phenoxy) is 2. The molecule has 112 valence electrons. The first-order valence-electron chi connectivity index (χ1n) is 7.07. The van der Waals surface area contributed by atoms with E-state index in [0.717, 1.165) is 17.9 Å². The third-order valence-electron chi connectivity index (χ3n) is 3.04. The molecule has 0 aliphatic heterocycles. The molecule has 0 amide bonds. The summed E-state index contributed by atoms with van der Waals surface area (Å²) in [6, 6.07) is 8.96. The van der Waals surface area contributed by atoms with Gasteiger partial charge in [-0.1, -0.05) is 0 Å². The molecule has 2 aromatic rings. The summed E-state index contributed by atoms with van der Waals surface area (Å²) in [5.41, 5.74) is 2.54. The molecule has 0 bridgehead atoms. The zero-order valence-corrected chi connectivity index (χ0v) is 12.6. The highest BCUT2D eigenvalue weighted by molar-refractivity contribution is 5.89. The molecule has 0 unspecified atom stereocenters. The first-order valence-corrected chi connectivity index (χ1v) is 7.07. The Morgan fingerprint density at radius 1 is 1.24 bits per heavy atom. The maximum atomic E-state index is 11.5. The second-order valence-electron chi connectivity index (χ2n) is 4.63. The molecule has 0 saturated heterocycles. The average Bonchev–Trinajstić information content (AvgIpc) is 2.86. The highest BCUT2D eigenvalue weighted by Gasteiger charge is 2.07. The van der Waals surface area contributed by atoms with Gasteiger partial charge in [0.2, 0.25) is 0 Å². The first-order chi connectivity index (χ1) is 10.1. The molecule has 0 N–H and O–H groups in total. The fourth-order valence-corrected chi connectivity index (χ4v) is 2.05. The molecule has 0 fully saturated rings. The third-order valence-corrected chi connectivity index (χ3v) is 3.04. The van der Waals surface area contributed by atoms with Gasteiger partial charge in [-0.25, -0.2) is 4.79 Å². The van der Waals surface area contributed by atoms with E-state index >= 15 is 0 Å². The van der Waals surface area contributed by atoms with Crippen molar-refractivity contribution in [2.45, 2.75) is 33.9 Å². The van der Waals surface area contributed by atoms with Crippen molar-refractivity contribution >= 4 is 5.97 Å². The third kappa shape index (κ3) is 3.84. The molecule has 0 atom stereocenters. The number of hydrogen-bond donors (Lipinski definition) is 0. The number of benzene rings is 1. The van der Waals surface area contributed by atoms with Crippen LogP contribution in [0.2, 0.25) is 0 Å². The van der Waals surface area contributed by atoms with Gasteiger partial charge in [-0.3, -0.25) is 4.68 Å². The number of rotatable bonds is 6. The summed E-state index contributed by atoms with van der Waals surface area (Å²) >= 11 is 0. The van der Waals surface area contributed by atoms with E-state index < -0.39 is 0 Å². The van der Waals surface area contributed by atoms with Crippen molar-refractivity contribution in [3.8, 4) is 5.75 Å². The minimum absolute atomic E-state index is 0.316. The second-order valence-corrected chi connectivity index (χ2v) is 4.63. The van der Waals surface area contributed by atoms with Gasteiger partial charge in [0.05, 0.1) is 23.6 Å². The van der Waals surface area contributed by atoms with E-state index in [2.05, 4.69) is 5.10 Å². The zero-order chi connectivity index (χ0) is 15.2. The molecule has 0 aliphatic carbocycles. The van der Waals surface area contributed by atoms with Crippen LogP contribution in [0.25, 0.3) is 0 Å². The zero-order valence-electron chi connectivity index (χ0n) is 12.6.